The van der Waals surface area contributed by atoms with Gasteiger partial charge < -0.3 is 62.7 Å². The lowest BCUT2D eigenvalue weighted by atomic mass is 9.71. The number of ether oxygens (including phenoxy) is 10. The number of aliphatic hydroxyl groups is 3. The second-order valence-corrected chi connectivity index (χ2v) is 19.5. The molecule has 6 heterocycles. The Morgan fingerprint density at radius 1 is 0.825 bits per heavy atom. The molecule has 4 saturated heterocycles. The molecule has 3 N–H and O–H groups in total. The van der Waals surface area contributed by atoms with E-state index in [1.807, 2.05) is 31.2 Å². The predicted octanol–water partition coefficient (Wildman–Crippen LogP) is 5.52. The fourth-order valence-corrected chi connectivity index (χ4v) is 11.3. The lowest BCUT2D eigenvalue weighted by molar-refractivity contribution is -0.318. The van der Waals surface area contributed by atoms with Gasteiger partial charge in [-0.3, -0.25) is 4.79 Å². The number of hydrogen-bond donors (Lipinski definition) is 3. The van der Waals surface area contributed by atoms with Crippen molar-refractivity contribution in [1.82, 2.24) is 0 Å². The number of fused-ring (bicyclic) bond motifs is 2. The van der Waals surface area contributed by atoms with E-state index in [1.54, 1.807) is 40.2 Å². The molecule has 8 rings (SSSR count). The average molecular weight is 885 g/mol. The summed E-state index contributed by atoms with van der Waals surface area (Å²) in [5.41, 5.74) is -0.803. The summed E-state index contributed by atoms with van der Waals surface area (Å²) < 4.78 is 63.7. The number of allylic oxidation sites excluding steroid dienone is 2. The molecule has 1 saturated carbocycles. The number of hydrogen-bond acceptors (Lipinski definition) is 14. The van der Waals surface area contributed by atoms with Crippen LogP contribution < -0.4 is 0 Å². The summed E-state index contributed by atoms with van der Waals surface area (Å²) in [6.45, 7) is 9.77. The number of carbonyl (C=O) groups excluding carboxylic acids is 1. The van der Waals surface area contributed by atoms with Crippen molar-refractivity contribution in [2.45, 2.75) is 196 Å². The molecule has 1 spiro atoms. The number of methoxy groups -OCH3 is 2. The van der Waals surface area contributed by atoms with Crippen molar-refractivity contribution in [3.63, 3.8) is 0 Å². The fraction of sp³-hybridized carbons (Fsp3) is 0.776. The van der Waals surface area contributed by atoms with Crippen molar-refractivity contribution in [2.75, 3.05) is 20.8 Å². The quantitative estimate of drug-likeness (QED) is 0.216. The minimum atomic E-state index is -1.83. The van der Waals surface area contributed by atoms with Gasteiger partial charge in [-0.1, -0.05) is 75.6 Å². The molecule has 0 amide bonds. The molecular formula is C49H72O14. The fourth-order valence-electron chi connectivity index (χ4n) is 11.3. The lowest BCUT2D eigenvalue weighted by Crippen LogP contribution is -2.58. The van der Waals surface area contributed by atoms with Gasteiger partial charge in [0, 0.05) is 51.7 Å². The summed E-state index contributed by atoms with van der Waals surface area (Å²) in [4.78, 5) is 14.4. The molecule has 8 aliphatic rings. The van der Waals surface area contributed by atoms with Gasteiger partial charge in [-0.15, -0.1) is 0 Å². The highest BCUT2D eigenvalue weighted by atomic mass is 16.7. The van der Waals surface area contributed by atoms with Crippen LogP contribution in [0.25, 0.3) is 0 Å². The topological polar surface area (TPSA) is 170 Å². The Hall–Kier alpha value is -2.31. The monoisotopic (exact) mass is 884 g/mol. The van der Waals surface area contributed by atoms with Crippen LogP contribution in [-0.2, 0) is 52.2 Å². The molecule has 63 heavy (non-hydrogen) atoms. The van der Waals surface area contributed by atoms with Crippen molar-refractivity contribution in [3.05, 3.63) is 59.8 Å². The van der Waals surface area contributed by atoms with Gasteiger partial charge in [0.05, 0.1) is 49.3 Å². The first kappa shape index (κ1) is 47.2. The van der Waals surface area contributed by atoms with Gasteiger partial charge in [-0.25, -0.2) is 0 Å². The van der Waals surface area contributed by atoms with E-state index >= 15 is 0 Å². The summed E-state index contributed by atoms with van der Waals surface area (Å²) in [7, 11) is 3.22. The lowest BCUT2D eigenvalue weighted by Gasteiger charge is -2.49. The third-order valence-corrected chi connectivity index (χ3v) is 15.0. The molecule has 0 aromatic carbocycles. The van der Waals surface area contributed by atoms with Crippen LogP contribution in [-0.4, -0.2) is 139 Å². The van der Waals surface area contributed by atoms with Crippen LogP contribution >= 0.6 is 0 Å². The second-order valence-electron chi connectivity index (χ2n) is 19.5. The second kappa shape index (κ2) is 19.9. The van der Waals surface area contributed by atoms with E-state index in [2.05, 4.69) is 26.0 Å². The van der Waals surface area contributed by atoms with E-state index in [4.69, 9.17) is 47.4 Å². The molecule has 0 aromatic heterocycles. The Morgan fingerprint density at radius 3 is 2.32 bits per heavy atom. The normalized spacial score (nSPS) is 47.5. The highest BCUT2D eigenvalue weighted by molar-refractivity contribution is 5.78. The van der Waals surface area contributed by atoms with E-state index in [1.165, 1.54) is 19.3 Å². The molecule has 2 aliphatic carbocycles. The van der Waals surface area contributed by atoms with Crippen molar-refractivity contribution in [3.8, 4) is 0 Å². The Kier molecular flexibility index (Phi) is 14.9. The highest BCUT2D eigenvalue weighted by Gasteiger charge is 2.60. The van der Waals surface area contributed by atoms with E-state index in [9.17, 15) is 20.1 Å². The zero-order valence-corrected chi connectivity index (χ0v) is 38.1. The smallest absolute Gasteiger partial charge is 0.316 e. The van der Waals surface area contributed by atoms with Gasteiger partial charge >= 0.3 is 5.97 Å². The largest absolute Gasteiger partial charge is 0.462 e. The summed E-state index contributed by atoms with van der Waals surface area (Å²) >= 11 is 0. The standard InChI is InChI=1S/C49H72O14/c1-27-13-11-16-33-26-56-46-42(50)29(3)21-36(49(33,46)53)47(52)59-35-22-34(62-48(25-35)20-19-28(2)44(63-48)32-14-9-8-10-15-32)17-12-18-37(27)60-40-24-39(55-7)45(31(5)58-40)61-41-23-38(54-6)43(51)30(4)57-41/h11-13,16,18-21,27-28,30-32,34-46,50-51,53H,8-10,14-15,17,22-26H2,1-7H3/t27-,28-,30-,31-,34+,35-,36-,37+,38-,39-,40-,41-,42+,43-,44-,45-,46+,48+,49+/m0/s1. The zero-order valence-electron chi connectivity index (χ0n) is 38.1. The molecule has 0 unspecified atom stereocenters. The van der Waals surface area contributed by atoms with Crippen LogP contribution in [0.2, 0.25) is 0 Å². The Labute approximate surface area is 372 Å². The number of esters is 1. The summed E-state index contributed by atoms with van der Waals surface area (Å²) in [5, 5.41) is 34.2. The van der Waals surface area contributed by atoms with Crippen LogP contribution in [0.15, 0.2) is 59.8 Å². The summed E-state index contributed by atoms with van der Waals surface area (Å²) in [6, 6.07) is 0. The van der Waals surface area contributed by atoms with Crippen LogP contribution in [0.1, 0.15) is 98.8 Å². The minimum absolute atomic E-state index is 0.0211. The first-order chi connectivity index (χ1) is 30.2. The van der Waals surface area contributed by atoms with Gasteiger partial charge in [-0.05, 0) is 63.2 Å². The maximum atomic E-state index is 14.4. The van der Waals surface area contributed by atoms with Gasteiger partial charge in [0.2, 0.25) is 0 Å². The van der Waals surface area contributed by atoms with Crippen LogP contribution in [0.3, 0.4) is 0 Å². The molecule has 6 aliphatic heterocycles. The summed E-state index contributed by atoms with van der Waals surface area (Å²) in [5.74, 6) is -2.31. The predicted molar refractivity (Wildman–Crippen MR) is 230 cm³/mol. The average Bonchev–Trinajstić information content (AvgIpc) is 3.60. The number of aliphatic hydroxyl groups excluding tert-OH is 2. The minimum Gasteiger partial charge on any atom is -0.462 e. The molecule has 5 fully saturated rings. The van der Waals surface area contributed by atoms with Gasteiger partial charge in [0.25, 0.3) is 0 Å². The first-order valence-electron chi connectivity index (χ1n) is 23.6. The molecule has 2 bridgehead atoms. The molecule has 14 nitrogen and oxygen atoms in total. The van der Waals surface area contributed by atoms with Crippen molar-refractivity contribution in [2.24, 2.45) is 23.7 Å². The maximum absolute atomic E-state index is 14.4. The highest BCUT2D eigenvalue weighted by Crippen LogP contribution is 2.47. The SMILES string of the molecule is CO[C@H]1C[C@H](O[C@H]2[C@H](C)O[C@@H](O[C@@H]3C=CC[C@@H]4C[C@@H](C[C@]5(C=C[C@H](C)[C@@H](C6CCCCC6)O5)O4)OC(=O)[C@@H]4C=C(C)[C@@H](O)[C@H]5OCC(=CC=C[C@@H]3C)[C@]54O)C[C@@H]2OC)O[C@@H](C)[C@@H]1O. The number of carbonyl (C=O) groups is 1. The molecule has 0 radical (unpaired) electrons. The molecule has 14 heteroatoms. The van der Waals surface area contributed by atoms with Gasteiger partial charge in [0.1, 0.15) is 42.0 Å². The van der Waals surface area contributed by atoms with E-state index in [0.29, 0.717) is 49.2 Å². The summed E-state index contributed by atoms with van der Waals surface area (Å²) in [6.07, 6.45) is 15.7. The Balaban J connectivity index is 1.06. The third kappa shape index (κ3) is 9.90. The Morgan fingerprint density at radius 2 is 1.56 bits per heavy atom. The Bertz CT molecular complexity index is 1740. The van der Waals surface area contributed by atoms with E-state index in [0.717, 1.165) is 12.8 Å². The van der Waals surface area contributed by atoms with Crippen molar-refractivity contribution >= 4 is 5.97 Å². The first-order valence-corrected chi connectivity index (χ1v) is 23.6. The molecule has 352 valence electrons. The van der Waals surface area contributed by atoms with Gasteiger partial charge in [0.15, 0.2) is 18.4 Å². The van der Waals surface area contributed by atoms with Crippen molar-refractivity contribution in [1.29, 1.82) is 0 Å². The van der Waals surface area contributed by atoms with E-state index < -0.39 is 90.8 Å². The van der Waals surface area contributed by atoms with E-state index in [-0.39, 0.29) is 36.8 Å². The maximum Gasteiger partial charge on any atom is 0.316 e. The molecule has 19 atom stereocenters. The van der Waals surface area contributed by atoms with Crippen molar-refractivity contribution < 1.29 is 67.5 Å². The molecular weight excluding hydrogens is 813 g/mol. The molecule has 0 aromatic rings. The zero-order chi connectivity index (χ0) is 44.6. The van der Waals surface area contributed by atoms with Gasteiger partial charge in [-0.2, -0.15) is 0 Å². The third-order valence-electron chi connectivity index (χ3n) is 15.0. The van der Waals surface area contributed by atoms with Crippen LogP contribution in [0.4, 0.5) is 0 Å². The van der Waals surface area contributed by atoms with Crippen LogP contribution in [0, 0.1) is 23.7 Å². The number of rotatable bonds is 7. The van der Waals surface area contributed by atoms with Crippen LogP contribution in [0.5, 0.6) is 0 Å².